The van der Waals surface area contributed by atoms with E-state index in [-0.39, 0.29) is 30.4 Å². The van der Waals surface area contributed by atoms with Crippen molar-refractivity contribution in [3.05, 3.63) is 35.8 Å². The number of pyridine rings is 1. The molecule has 0 fully saturated rings. The molecule has 0 unspecified atom stereocenters. The molecule has 1 N–H and O–H groups in total. The lowest BCUT2D eigenvalue weighted by Crippen LogP contribution is -2.22. The zero-order valence-electron chi connectivity index (χ0n) is 12.5. The first-order chi connectivity index (χ1) is 10.7. The summed E-state index contributed by atoms with van der Waals surface area (Å²) in [5.74, 6) is -0.365. The number of aliphatic hydroxyl groups is 1. The van der Waals surface area contributed by atoms with Crippen molar-refractivity contribution in [3.8, 4) is 11.3 Å². The van der Waals surface area contributed by atoms with Gasteiger partial charge in [0.25, 0.3) is 5.91 Å². The maximum Gasteiger partial charge on any atom is 0.435 e. The molecule has 0 aliphatic carbocycles. The number of amides is 1. The Balaban J connectivity index is 2.51. The van der Waals surface area contributed by atoms with Gasteiger partial charge < -0.3 is 10.0 Å². The largest absolute Gasteiger partial charge is 0.435 e. The summed E-state index contributed by atoms with van der Waals surface area (Å²) in [5, 5.41) is 12.5. The maximum atomic E-state index is 12.8. The van der Waals surface area contributed by atoms with Crippen molar-refractivity contribution in [1.29, 1.82) is 0 Å². The molecule has 0 bridgehead atoms. The van der Waals surface area contributed by atoms with Crippen molar-refractivity contribution in [2.45, 2.75) is 12.7 Å². The molecule has 2 rings (SSSR count). The number of carbonyl (C=O) groups is 1. The fourth-order valence-corrected chi connectivity index (χ4v) is 1.99. The lowest BCUT2D eigenvalue weighted by molar-refractivity contribution is -0.141. The van der Waals surface area contributed by atoms with Crippen LogP contribution in [-0.4, -0.2) is 51.4 Å². The Hall–Kier alpha value is -2.42. The van der Waals surface area contributed by atoms with Crippen LogP contribution in [0.15, 0.2) is 24.4 Å². The Morgan fingerprint density at radius 2 is 2.04 bits per heavy atom. The van der Waals surface area contributed by atoms with Crippen LogP contribution in [0.1, 0.15) is 16.2 Å². The predicted molar refractivity (Wildman–Crippen MR) is 75.6 cm³/mol. The molecule has 23 heavy (non-hydrogen) atoms. The molecule has 0 saturated heterocycles. The van der Waals surface area contributed by atoms with Crippen LogP contribution in [-0.2, 0) is 12.7 Å². The molecule has 2 heterocycles. The summed E-state index contributed by atoms with van der Waals surface area (Å²) in [4.78, 5) is 17.2. The number of rotatable bonds is 4. The van der Waals surface area contributed by atoms with Crippen molar-refractivity contribution in [1.82, 2.24) is 19.7 Å². The minimum absolute atomic E-state index is 0.0926. The number of halogens is 3. The van der Waals surface area contributed by atoms with Crippen LogP contribution >= 0.6 is 0 Å². The van der Waals surface area contributed by atoms with Crippen LogP contribution in [0.25, 0.3) is 11.3 Å². The minimum Gasteiger partial charge on any atom is -0.394 e. The first kappa shape index (κ1) is 16.9. The van der Waals surface area contributed by atoms with E-state index in [0.717, 1.165) is 10.7 Å². The van der Waals surface area contributed by atoms with Gasteiger partial charge in [-0.05, 0) is 18.2 Å². The molecule has 0 aromatic carbocycles. The van der Waals surface area contributed by atoms with Gasteiger partial charge in [-0.2, -0.15) is 18.3 Å². The Labute approximate surface area is 130 Å². The number of alkyl halides is 3. The number of hydrogen-bond acceptors (Lipinski definition) is 4. The summed E-state index contributed by atoms with van der Waals surface area (Å²) in [6.07, 6.45) is -3.25. The monoisotopic (exact) mass is 328 g/mol. The van der Waals surface area contributed by atoms with Gasteiger partial charge in [-0.1, -0.05) is 0 Å². The average molecular weight is 328 g/mol. The van der Waals surface area contributed by atoms with Crippen molar-refractivity contribution < 1.29 is 23.1 Å². The van der Waals surface area contributed by atoms with Gasteiger partial charge in [0.2, 0.25) is 0 Å². The second-order valence-electron chi connectivity index (χ2n) is 4.99. The van der Waals surface area contributed by atoms with E-state index >= 15 is 0 Å². The van der Waals surface area contributed by atoms with Crippen molar-refractivity contribution in [2.24, 2.45) is 0 Å². The predicted octanol–water partition coefficient (Wildman–Crippen LogP) is 1.66. The highest BCUT2D eigenvalue weighted by Crippen LogP contribution is 2.31. The average Bonchev–Trinajstić information content (AvgIpc) is 2.91. The highest BCUT2D eigenvalue weighted by molar-refractivity contribution is 5.93. The van der Waals surface area contributed by atoms with Crippen LogP contribution in [0.4, 0.5) is 13.2 Å². The van der Waals surface area contributed by atoms with E-state index in [4.69, 9.17) is 5.11 Å². The van der Waals surface area contributed by atoms with Gasteiger partial charge in [0.1, 0.15) is 5.69 Å². The summed E-state index contributed by atoms with van der Waals surface area (Å²) in [5.41, 5.74) is -0.431. The van der Waals surface area contributed by atoms with Gasteiger partial charge in [-0.25, -0.2) is 0 Å². The Morgan fingerprint density at radius 3 is 2.61 bits per heavy atom. The van der Waals surface area contributed by atoms with E-state index in [1.165, 1.54) is 23.2 Å². The molecule has 0 spiro atoms. The minimum atomic E-state index is -4.59. The van der Waals surface area contributed by atoms with Gasteiger partial charge in [0.05, 0.1) is 18.8 Å². The molecule has 0 saturated carbocycles. The lowest BCUT2D eigenvalue weighted by atomic mass is 10.1. The summed E-state index contributed by atoms with van der Waals surface area (Å²) >= 11 is 0. The smallest absolute Gasteiger partial charge is 0.394 e. The summed E-state index contributed by atoms with van der Waals surface area (Å²) in [7, 11) is 3.10. The fourth-order valence-electron chi connectivity index (χ4n) is 1.99. The van der Waals surface area contributed by atoms with Gasteiger partial charge in [-0.3, -0.25) is 14.5 Å². The van der Waals surface area contributed by atoms with E-state index in [2.05, 4.69) is 10.1 Å². The molecule has 0 radical (unpaired) electrons. The van der Waals surface area contributed by atoms with Crippen molar-refractivity contribution >= 4 is 5.91 Å². The Morgan fingerprint density at radius 1 is 1.35 bits per heavy atom. The number of hydrogen-bond donors (Lipinski definition) is 1. The molecule has 2 aromatic rings. The van der Waals surface area contributed by atoms with Gasteiger partial charge >= 0.3 is 6.18 Å². The van der Waals surface area contributed by atoms with Gasteiger partial charge in [0, 0.05) is 25.9 Å². The van der Waals surface area contributed by atoms with E-state index in [1.807, 2.05) is 0 Å². The van der Waals surface area contributed by atoms with Crippen LogP contribution in [0.2, 0.25) is 0 Å². The Kier molecular flexibility index (Phi) is 4.69. The number of carbonyl (C=O) groups excluding carboxylic acids is 1. The van der Waals surface area contributed by atoms with Gasteiger partial charge in [-0.15, -0.1) is 0 Å². The molecule has 124 valence electrons. The molecular weight excluding hydrogens is 313 g/mol. The first-order valence-electron chi connectivity index (χ1n) is 6.68. The normalized spacial score (nSPS) is 11.6. The number of aromatic nitrogens is 3. The molecule has 6 nitrogen and oxygen atoms in total. The maximum absolute atomic E-state index is 12.8. The van der Waals surface area contributed by atoms with Crippen molar-refractivity contribution in [2.75, 3.05) is 20.7 Å². The van der Waals surface area contributed by atoms with E-state index in [9.17, 15) is 18.0 Å². The molecule has 2 aromatic heterocycles. The standard InChI is InChI=1S/C14H15F3N4O2/c1-20(2)13(23)10-7-9(3-4-18-10)11-8-12(14(15,16)17)19-21(11)5-6-22/h3-4,7-8,22H,5-6H2,1-2H3. The Bertz CT molecular complexity index is 710. The lowest BCUT2D eigenvalue weighted by Gasteiger charge is -2.11. The molecular formula is C14H15F3N4O2. The number of aliphatic hydroxyl groups excluding tert-OH is 1. The second kappa shape index (κ2) is 6.37. The molecule has 0 aliphatic heterocycles. The van der Waals surface area contributed by atoms with E-state index < -0.39 is 11.9 Å². The molecule has 0 aliphatic rings. The first-order valence-corrected chi connectivity index (χ1v) is 6.68. The highest BCUT2D eigenvalue weighted by atomic mass is 19.4. The number of nitrogens with zero attached hydrogens (tertiary/aromatic N) is 4. The zero-order chi connectivity index (χ0) is 17.2. The second-order valence-corrected chi connectivity index (χ2v) is 4.99. The van der Waals surface area contributed by atoms with E-state index in [0.29, 0.717) is 5.56 Å². The third-order valence-electron chi connectivity index (χ3n) is 3.06. The van der Waals surface area contributed by atoms with Crippen LogP contribution in [0, 0.1) is 0 Å². The zero-order valence-corrected chi connectivity index (χ0v) is 12.5. The highest BCUT2D eigenvalue weighted by Gasteiger charge is 2.35. The summed E-state index contributed by atoms with van der Waals surface area (Å²) < 4.78 is 39.6. The SMILES string of the molecule is CN(C)C(=O)c1cc(-c2cc(C(F)(F)F)nn2CCO)ccn1. The third-order valence-corrected chi connectivity index (χ3v) is 3.06. The summed E-state index contributed by atoms with van der Waals surface area (Å²) in [6.45, 7) is -0.453. The molecule has 0 atom stereocenters. The quantitative estimate of drug-likeness (QED) is 0.926. The van der Waals surface area contributed by atoms with Crippen LogP contribution in [0.3, 0.4) is 0 Å². The van der Waals surface area contributed by atoms with Gasteiger partial charge in [0.15, 0.2) is 5.69 Å². The topological polar surface area (TPSA) is 71.2 Å². The van der Waals surface area contributed by atoms with Crippen LogP contribution in [0.5, 0.6) is 0 Å². The third kappa shape index (κ3) is 3.67. The summed E-state index contributed by atoms with van der Waals surface area (Å²) in [6, 6.07) is 3.76. The molecule has 9 heteroatoms. The fraction of sp³-hybridized carbons (Fsp3) is 0.357. The van der Waals surface area contributed by atoms with Crippen LogP contribution < -0.4 is 0 Å². The van der Waals surface area contributed by atoms with E-state index in [1.54, 1.807) is 14.1 Å². The molecule has 1 amide bonds. The van der Waals surface area contributed by atoms with Crippen molar-refractivity contribution in [3.63, 3.8) is 0 Å².